The topological polar surface area (TPSA) is 82.4 Å². The van der Waals surface area contributed by atoms with Crippen LogP contribution >= 0.6 is 0 Å². The van der Waals surface area contributed by atoms with Crippen LogP contribution in [0.25, 0.3) is 6.08 Å². The minimum atomic E-state index is -0.594. The average Bonchev–Trinajstić information content (AvgIpc) is 2.83. The SMILES string of the molecule is COc1cccc(NC(=O)COC(=O)/C=C/c2c(C)nn(C)c2C)c1. The van der Waals surface area contributed by atoms with Gasteiger partial charge in [-0.3, -0.25) is 9.48 Å². The van der Waals surface area contributed by atoms with Crippen LogP contribution in [0.15, 0.2) is 30.3 Å². The van der Waals surface area contributed by atoms with Crippen LogP contribution in [-0.4, -0.2) is 35.4 Å². The van der Waals surface area contributed by atoms with E-state index in [4.69, 9.17) is 9.47 Å². The van der Waals surface area contributed by atoms with E-state index in [9.17, 15) is 9.59 Å². The second-order valence-corrected chi connectivity index (χ2v) is 5.43. The zero-order chi connectivity index (χ0) is 18.4. The van der Waals surface area contributed by atoms with Gasteiger partial charge in [-0.15, -0.1) is 0 Å². The molecule has 0 spiro atoms. The molecule has 7 nitrogen and oxygen atoms in total. The molecular weight excluding hydrogens is 322 g/mol. The first-order valence-electron chi connectivity index (χ1n) is 7.69. The fraction of sp³-hybridized carbons (Fsp3) is 0.278. The third-order valence-electron chi connectivity index (χ3n) is 3.65. The van der Waals surface area contributed by atoms with E-state index < -0.39 is 11.9 Å². The van der Waals surface area contributed by atoms with E-state index in [-0.39, 0.29) is 6.61 Å². The van der Waals surface area contributed by atoms with E-state index in [1.54, 1.807) is 42.1 Å². The Balaban J connectivity index is 1.86. The van der Waals surface area contributed by atoms with Gasteiger partial charge in [0.1, 0.15) is 5.75 Å². The number of amides is 1. The van der Waals surface area contributed by atoms with Crippen LogP contribution < -0.4 is 10.1 Å². The molecule has 0 aliphatic carbocycles. The van der Waals surface area contributed by atoms with Gasteiger partial charge in [-0.1, -0.05) is 6.07 Å². The first-order valence-corrected chi connectivity index (χ1v) is 7.69. The van der Waals surface area contributed by atoms with Crippen molar-refractivity contribution in [3.63, 3.8) is 0 Å². The fourth-order valence-electron chi connectivity index (χ4n) is 2.27. The molecule has 7 heteroatoms. The number of anilines is 1. The molecule has 0 unspecified atom stereocenters. The first kappa shape index (κ1) is 18.3. The maximum absolute atomic E-state index is 11.8. The van der Waals surface area contributed by atoms with E-state index in [2.05, 4.69) is 10.4 Å². The summed E-state index contributed by atoms with van der Waals surface area (Å²) < 4.78 is 11.8. The molecule has 0 fully saturated rings. The van der Waals surface area contributed by atoms with Gasteiger partial charge < -0.3 is 14.8 Å². The van der Waals surface area contributed by atoms with E-state index in [0.29, 0.717) is 11.4 Å². The second-order valence-electron chi connectivity index (χ2n) is 5.43. The zero-order valence-corrected chi connectivity index (χ0v) is 14.7. The maximum Gasteiger partial charge on any atom is 0.331 e. The van der Waals surface area contributed by atoms with E-state index >= 15 is 0 Å². The highest BCUT2D eigenvalue weighted by molar-refractivity contribution is 5.94. The van der Waals surface area contributed by atoms with Gasteiger partial charge in [0.15, 0.2) is 6.61 Å². The van der Waals surface area contributed by atoms with Gasteiger partial charge in [0, 0.05) is 36.1 Å². The Morgan fingerprint density at radius 3 is 2.72 bits per heavy atom. The molecule has 2 rings (SSSR count). The Kier molecular flexibility index (Phi) is 5.94. The highest BCUT2D eigenvalue weighted by Crippen LogP contribution is 2.16. The predicted octanol–water partition coefficient (Wildman–Crippen LogP) is 2.24. The molecule has 1 heterocycles. The number of benzene rings is 1. The number of hydrogen-bond donors (Lipinski definition) is 1. The minimum absolute atomic E-state index is 0.370. The number of nitrogens with zero attached hydrogens (tertiary/aromatic N) is 2. The van der Waals surface area contributed by atoms with Crippen molar-refractivity contribution in [3.8, 4) is 5.75 Å². The third kappa shape index (κ3) is 4.94. The molecule has 0 aliphatic heterocycles. The number of hydrogen-bond acceptors (Lipinski definition) is 5. The zero-order valence-electron chi connectivity index (χ0n) is 14.7. The van der Waals surface area contributed by atoms with Crippen molar-refractivity contribution >= 4 is 23.6 Å². The summed E-state index contributed by atoms with van der Waals surface area (Å²) in [5, 5.41) is 6.90. The van der Waals surface area contributed by atoms with Gasteiger partial charge in [0.05, 0.1) is 12.8 Å². The number of carbonyl (C=O) groups excluding carboxylic acids is 2. The largest absolute Gasteiger partial charge is 0.497 e. The summed E-state index contributed by atoms with van der Waals surface area (Å²) in [4.78, 5) is 23.6. The van der Waals surface area contributed by atoms with E-state index in [0.717, 1.165) is 17.0 Å². The van der Waals surface area contributed by atoms with Gasteiger partial charge >= 0.3 is 5.97 Å². The lowest BCUT2D eigenvalue weighted by molar-refractivity contribution is -0.142. The molecule has 132 valence electrons. The monoisotopic (exact) mass is 343 g/mol. The van der Waals surface area contributed by atoms with Crippen LogP contribution in [0.5, 0.6) is 5.75 Å². The summed E-state index contributed by atoms with van der Waals surface area (Å²) in [6.07, 6.45) is 2.93. The van der Waals surface area contributed by atoms with Crippen molar-refractivity contribution in [2.24, 2.45) is 7.05 Å². The number of carbonyl (C=O) groups is 2. The number of aryl methyl sites for hydroxylation is 2. The molecular formula is C18H21N3O4. The maximum atomic E-state index is 11.8. The highest BCUT2D eigenvalue weighted by Gasteiger charge is 2.09. The van der Waals surface area contributed by atoms with Crippen molar-refractivity contribution in [3.05, 3.63) is 47.3 Å². The number of rotatable bonds is 6. The minimum Gasteiger partial charge on any atom is -0.497 e. The molecule has 1 aromatic heterocycles. The molecule has 1 amide bonds. The van der Waals surface area contributed by atoms with Gasteiger partial charge in [0.2, 0.25) is 0 Å². The summed E-state index contributed by atoms with van der Waals surface area (Å²) in [7, 11) is 3.38. The Hall–Kier alpha value is -3.09. The normalized spacial score (nSPS) is 10.7. The second kappa shape index (κ2) is 8.14. The molecule has 0 aliphatic rings. The number of nitrogens with one attached hydrogen (secondary N) is 1. The van der Waals surface area contributed by atoms with Crippen molar-refractivity contribution in [1.29, 1.82) is 0 Å². The molecule has 1 aromatic carbocycles. The molecule has 0 saturated carbocycles. The lowest BCUT2D eigenvalue weighted by Gasteiger charge is -2.07. The molecule has 0 radical (unpaired) electrons. The fourth-order valence-corrected chi connectivity index (χ4v) is 2.27. The smallest absolute Gasteiger partial charge is 0.331 e. The summed E-state index contributed by atoms with van der Waals surface area (Å²) in [5.41, 5.74) is 3.19. The number of methoxy groups -OCH3 is 1. The van der Waals surface area contributed by atoms with E-state index in [1.165, 1.54) is 6.08 Å². The van der Waals surface area contributed by atoms with Gasteiger partial charge in [-0.2, -0.15) is 5.10 Å². The summed E-state index contributed by atoms with van der Waals surface area (Å²) in [6, 6.07) is 6.91. The quantitative estimate of drug-likeness (QED) is 0.642. The van der Waals surface area contributed by atoms with Gasteiger partial charge in [-0.25, -0.2) is 4.79 Å². The van der Waals surface area contributed by atoms with Crippen LogP contribution in [0.3, 0.4) is 0 Å². The number of ether oxygens (including phenoxy) is 2. The van der Waals surface area contributed by atoms with Crippen LogP contribution in [0.1, 0.15) is 17.0 Å². The predicted molar refractivity (Wildman–Crippen MR) is 94.3 cm³/mol. The Morgan fingerprint density at radius 2 is 2.08 bits per heavy atom. The standard InChI is InChI=1S/C18H21N3O4/c1-12-16(13(2)21(3)20-12)8-9-18(23)25-11-17(22)19-14-6-5-7-15(10-14)24-4/h5-10H,11H2,1-4H3,(H,19,22)/b9-8+. The van der Waals surface area contributed by atoms with Crippen molar-refractivity contribution in [2.45, 2.75) is 13.8 Å². The lowest BCUT2D eigenvalue weighted by atomic mass is 10.2. The summed E-state index contributed by atoms with van der Waals surface area (Å²) in [5.74, 6) is -0.396. The van der Waals surface area contributed by atoms with Crippen LogP contribution in [0, 0.1) is 13.8 Å². The number of aromatic nitrogens is 2. The molecule has 0 bridgehead atoms. The van der Waals surface area contributed by atoms with E-state index in [1.807, 2.05) is 20.9 Å². The summed E-state index contributed by atoms with van der Waals surface area (Å²) >= 11 is 0. The average molecular weight is 343 g/mol. The van der Waals surface area contributed by atoms with Crippen LogP contribution in [0.4, 0.5) is 5.69 Å². The highest BCUT2D eigenvalue weighted by atomic mass is 16.5. The summed E-state index contributed by atoms with van der Waals surface area (Å²) in [6.45, 7) is 3.40. The Bertz CT molecular complexity index is 809. The molecule has 0 atom stereocenters. The Labute approximate surface area is 146 Å². The van der Waals surface area contributed by atoms with Gasteiger partial charge in [0.25, 0.3) is 5.91 Å². The first-order chi connectivity index (χ1) is 11.9. The number of esters is 1. The Morgan fingerprint density at radius 1 is 1.32 bits per heavy atom. The van der Waals surface area contributed by atoms with Crippen molar-refractivity contribution in [2.75, 3.05) is 19.0 Å². The molecule has 0 saturated heterocycles. The van der Waals surface area contributed by atoms with Crippen molar-refractivity contribution in [1.82, 2.24) is 9.78 Å². The lowest BCUT2D eigenvalue weighted by Crippen LogP contribution is -2.20. The molecule has 2 aromatic rings. The van der Waals surface area contributed by atoms with Gasteiger partial charge in [-0.05, 0) is 32.1 Å². The van der Waals surface area contributed by atoms with Crippen molar-refractivity contribution < 1.29 is 19.1 Å². The third-order valence-corrected chi connectivity index (χ3v) is 3.65. The molecule has 1 N–H and O–H groups in total. The molecule has 25 heavy (non-hydrogen) atoms. The van der Waals surface area contributed by atoms with Crippen LogP contribution in [0.2, 0.25) is 0 Å². The van der Waals surface area contributed by atoms with Crippen LogP contribution in [-0.2, 0) is 21.4 Å².